The Kier molecular flexibility index (Phi) is 4.21. The summed E-state index contributed by atoms with van der Waals surface area (Å²) in [4.78, 5) is 0. The van der Waals surface area contributed by atoms with Gasteiger partial charge in [-0.3, -0.25) is 0 Å². The molecule has 3 aromatic rings. The van der Waals surface area contributed by atoms with E-state index in [-0.39, 0.29) is 0 Å². The minimum absolute atomic E-state index is 1.28. The Labute approximate surface area is 136 Å². The van der Waals surface area contributed by atoms with Crippen LogP contribution in [0.1, 0.15) is 0 Å². The fraction of sp³-hybridized carbons (Fsp3) is 0.143. The van der Waals surface area contributed by atoms with Gasteiger partial charge in [-0.15, -0.1) is 0 Å². The molecule has 0 aliphatic carbocycles. The second kappa shape index (κ2) is 6.14. The standard InChI is InChI=1S/C21H22Ge/c1-22(2,3)21-15-14-19(17-10-6-4-7-11-17)16-20(21)18-12-8-5-9-13-18/h4-16H,1-3H3. The van der Waals surface area contributed by atoms with Crippen LogP contribution in [0.15, 0.2) is 78.9 Å². The SMILES string of the molecule is [CH3][Ge]([CH3])([CH3])[c]1ccc(-c2ccccc2)cc1-c1ccccc1. The van der Waals surface area contributed by atoms with Gasteiger partial charge in [0.25, 0.3) is 0 Å². The van der Waals surface area contributed by atoms with Gasteiger partial charge in [0.15, 0.2) is 0 Å². The van der Waals surface area contributed by atoms with E-state index in [4.69, 9.17) is 0 Å². The van der Waals surface area contributed by atoms with Crippen LogP contribution in [0, 0.1) is 0 Å². The van der Waals surface area contributed by atoms with Gasteiger partial charge in [-0.2, -0.15) is 0 Å². The Balaban J connectivity index is 2.20. The Morgan fingerprint density at radius 3 is 1.64 bits per heavy atom. The van der Waals surface area contributed by atoms with Gasteiger partial charge < -0.3 is 0 Å². The molecule has 0 aliphatic rings. The average molecular weight is 347 g/mol. The zero-order valence-electron chi connectivity index (χ0n) is 13.5. The second-order valence-corrected chi connectivity index (χ2v) is 17.3. The maximum atomic E-state index is 2.46. The second-order valence-electron chi connectivity index (χ2n) is 6.74. The van der Waals surface area contributed by atoms with E-state index in [0.29, 0.717) is 0 Å². The average Bonchev–Trinajstić information content (AvgIpc) is 2.55. The molecule has 0 saturated carbocycles. The summed E-state index contributed by atoms with van der Waals surface area (Å²) in [5.74, 6) is 7.39. The van der Waals surface area contributed by atoms with E-state index in [9.17, 15) is 0 Å². The third-order valence-corrected chi connectivity index (χ3v) is 8.32. The van der Waals surface area contributed by atoms with Gasteiger partial charge >= 0.3 is 136 Å². The van der Waals surface area contributed by atoms with Crippen LogP contribution >= 0.6 is 0 Å². The van der Waals surface area contributed by atoms with Crippen LogP contribution < -0.4 is 4.40 Å². The third kappa shape index (κ3) is 3.17. The number of hydrogen-bond donors (Lipinski definition) is 0. The van der Waals surface area contributed by atoms with Crippen molar-refractivity contribution in [3.63, 3.8) is 0 Å². The van der Waals surface area contributed by atoms with Crippen molar-refractivity contribution >= 4 is 17.7 Å². The van der Waals surface area contributed by atoms with Gasteiger partial charge in [-0.05, 0) is 0 Å². The molecular weight excluding hydrogens is 325 g/mol. The van der Waals surface area contributed by atoms with Crippen molar-refractivity contribution in [2.45, 2.75) is 17.3 Å². The van der Waals surface area contributed by atoms with Gasteiger partial charge in [0.1, 0.15) is 0 Å². The fourth-order valence-corrected chi connectivity index (χ4v) is 6.24. The van der Waals surface area contributed by atoms with Gasteiger partial charge in [-0.1, -0.05) is 0 Å². The summed E-state index contributed by atoms with van der Waals surface area (Å²) in [6.07, 6.45) is 0. The monoisotopic (exact) mass is 348 g/mol. The van der Waals surface area contributed by atoms with E-state index in [0.717, 1.165) is 0 Å². The molecule has 0 nitrogen and oxygen atoms in total. The van der Waals surface area contributed by atoms with Crippen molar-refractivity contribution < 1.29 is 0 Å². The summed E-state index contributed by atoms with van der Waals surface area (Å²) >= 11 is -1.91. The van der Waals surface area contributed by atoms with Gasteiger partial charge in [-0.25, -0.2) is 0 Å². The first-order valence-corrected chi connectivity index (χ1v) is 15.2. The first kappa shape index (κ1) is 15.1. The van der Waals surface area contributed by atoms with Gasteiger partial charge in [0.05, 0.1) is 0 Å². The van der Waals surface area contributed by atoms with Crippen LogP contribution in [0.5, 0.6) is 0 Å². The molecule has 3 aromatic carbocycles. The van der Waals surface area contributed by atoms with Gasteiger partial charge in [0, 0.05) is 0 Å². The van der Waals surface area contributed by atoms with E-state index in [1.54, 1.807) is 4.40 Å². The van der Waals surface area contributed by atoms with Crippen LogP contribution in [0.4, 0.5) is 0 Å². The molecule has 110 valence electrons. The fourth-order valence-electron chi connectivity index (χ4n) is 2.86. The first-order chi connectivity index (χ1) is 10.6. The van der Waals surface area contributed by atoms with E-state index >= 15 is 0 Å². The molecule has 0 N–H and O–H groups in total. The van der Waals surface area contributed by atoms with Crippen molar-refractivity contribution in [2.24, 2.45) is 0 Å². The molecule has 0 spiro atoms. The molecule has 22 heavy (non-hydrogen) atoms. The predicted octanol–water partition coefficient (Wildman–Crippen LogP) is 5.57. The number of benzene rings is 3. The van der Waals surface area contributed by atoms with Crippen LogP contribution in [-0.2, 0) is 0 Å². The van der Waals surface area contributed by atoms with Crippen LogP contribution in [0.3, 0.4) is 0 Å². The Morgan fingerprint density at radius 2 is 1.09 bits per heavy atom. The van der Waals surface area contributed by atoms with E-state index < -0.39 is 13.3 Å². The maximum absolute atomic E-state index is 2.46. The molecule has 0 aromatic heterocycles. The molecule has 0 radical (unpaired) electrons. The Bertz CT molecular complexity index is 753. The van der Waals surface area contributed by atoms with Crippen molar-refractivity contribution in [1.29, 1.82) is 0 Å². The van der Waals surface area contributed by atoms with Crippen molar-refractivity contribution in [2.75, 3.05) is 0 Å². The molecule has 0 bridgehead atoms. The van der Waals surface area contributed by atoms with Crippen LogP contribution in [0.25, 0.3) is 22.3 Å². The normalized spacial score (nSPS) is 11.4. The van der Waals surface area contributed by atoms with E-state index in [2.05, 4.69) is 96.1 Å². The first-order valence-electron chi connectivity index (χ1n) is 7.81. The molecule has 0 heterocycles. The summed E-state index contributed by atoms with van der Waals surface area (Å²) in [7, 11) is 0. The summed E-state index contributed by atoms with van der Waals surface area (Å²) in [5, 5.41) is 0. The molecule has 0 aliphatic heterocycles. The molecular formula is C21H22Ge. The molecule has 1 heteroatoms. The Morgan fingerprint density at radius 1 is 0.545 bits per heavy atom. The van der Waals surface area contributed by atoms with Crippen molar-refractivity contribution in [3.05, 3.63) is 78.9 Å². The predicted molar refractivity (Wildman–Crippen MR) is 100 cm³/mol. The van der Waals surface area contributed by atoms with Gasteiger partial charge in [0.2, 0.25) is 0 Å². The molecule has 0 atom stereocenters. The summed E-state index contributed by atoms with van der Waals surface area (Å²) in [6.45, 7) is 0. The summed E-state index contributed by atoms with van der Waals surface area (Å²) in [5.41, 5.74) is 5.33. The van der Waals surface area contributed by atoms with E-state index in [1.807, 2.05) is 0 Å². The van der Waals surface area contributed by atoms with Crippen molar-refractivity contribution in [3.8, 4) is 22.3 Å². The Hall–Kier alpha value is -1.80. The molecule has 3 rings (SSSR count). The molecule has 0 saturated heterocycles. The van der Waals surface area contributed by atoms with Crippen LogP contribution in [0.2, 0.25) is 17.3 Å². The zero-order chi connectivity index (χ0) is 15.6. The number of hydrogen-bond acceptors (Lipinski definition) is 0. The number of rotatable bonds is 3. The summed E-state index contributed by atoms with van der Waals surface area (Å²) in [6, 6.07) is 28.5. The third-order valence-electron chi connectivity index (χ3n) is 4.02. The molecule has 0 amide bonds. The summed E-state index contributed by atoms with van der Waals surface area (Å²) < 4.78 is 1.57. The van der Waals surface area contributed by atoms with Crippen molar-refractivity contribution in [1.82, 2.24) is 0 Å². The molecule has 0 unspecified atom stereocenters. The van der Waals surface area contributed by atoms with Crippen LogP contribution in [-0.4, -0.2) is 13.3 Å². The molecule has 0 fully saturated rings. The quantitative estimate of drug-likeness (QED) is 0.544. The topological polar surface area (TPSA) is 0 Å². The zero-order valence-corrected chi connectivity index (χ0v) is 15.6. The minimum atomic E-state index is -1.91. The van der Waals surface area contributed by atoms with E-state index in [1.165, 1.54) is 22.3 Å².